The Balaban J connectivity index is 1.93. The van der Waals surface area contributed by atoms with Crippen molar-refractivity contribution in [1.29, 1.82) is 5.26 Å². The van der Waals surface area contributed by atoms with Gasteiger partial charge in [-0.1, -0.05) is 0 Å². The van der Waals surface area contributed by atoms with E-state index in [9.17, 15) is 4.79 Å². The topological polar surface area (TPSA) is 79.1 Å². The van der Waals surface area contributed by atoms with Crippen molar-refractivity contribution in [3.63, 3.8) is 0 Å². The number of nitrogens with zero attached hydrogens (tertiary/aromatic N) is 4. The van der Waals surface area contributed by atoms with Gasteiger partial charge in [0.1, 0.15) is 5.82 Å². The Kier molecular flexibility index (Phi) is 4.23. The van der Waals surface area contributed by atoms with Crippen LogP contribution < -0.4 is 4.90 Å². The van der Waals surface area contributed by atoms with Gasteiger partial charge in [0.25, 0.3) is 0 Å². The smallest absolute Gasteiger partial charge is 0.376 e. The Morgan fingerprint density at radius 1 is 1.41 bits per heavy atom. The highest BCUT2D eigenvalue weighted by Gasteiger charge is 2.28. The fourth-order valence-electron chi connectivity index (χ4n) is 3.41. The molecular formula is C16H20N4O2. The summed E-state index contributed by atoms with van der Waals surface area (Å²) in [6, 6.07) is 2.27. The van der Waals surface area contributed by atoms with Crippen molar-refractivity contribution in [2.24, 2.45) is 5.92 Å². The minimum Gasteiger partial charge on any atom is -0.463 e. The van der Waals surface area contributed by atoms with E-state index in [1.165, 1.54) is 12.7 Å². The Bertz CT molecular complexity index is 623. The van der Waals surface area contributed by atoms with Gasteiger partial charge in [0.15, 0.2) is 0 Å². The third-order valence-electron chi connectivity index (χ3n) is 4.48. The molecule has 6 heteroatoms. The van der Waals surface area contributed by atoms with E-state index in [1.54, 1.807) is 0 Å². The molecule has 0 aromatic carbocycles. The van der Waals surface area contributed by atoms with Crippen molar-refractivity contribution in [2.45, 2.75) is 38.5 Å². The van der Waals surface area contributed by atoms with Gasteiger partial charge in [-0.3, -0.25) is 0 Å². The number of anilines is 1. The van der Waals surface area contributed by atoms with Gasteiger partial charge in [0.2, 0.25) is 5.82 Å². The maximum Gasteiger partial charge on any atom is 0.376 e. The number of carbonyl (C=O) groups is 1. The number of aryl methyl sites for hydroxylation is 1. The van der Waals surface area contributed by atoms with Gasteiger partial charge in [0, 0.05) is 25.1 Å². The molecule has 1 saturated heterocycles. The number of rotatable bonds is 3. The minimum absolute atomic E-state index is 0.153. The molecule has 6 nitrogen and oxygen atoms in total. The molecule has 0 radical (unpaired) electrons. The number of methoxy groups -OCH3 is 1. The molecule has 116 valence electrons. The van der Waals surface area contributed by atoms with Crippen molar-refractivity contribution >= 4 is 11.8 Å². The molecule has 22 heavy (non-hydrogen) atoms. The lowest BCUT2D eigenvalue weighted by molar-refractivity contribution is 0.0586. The Hall–Kier alpha value is -2.16. The van der Waals surface area contributed by atoms with Crippen molar-refractivity contribution in [2.75, 3.05) is 25.1 Å². The van der Waals surface area contributed by atoms with Crippen molar-refractivity contribution in [1.82, 2.24) is 9.97 Å². The SMILES string of the molecule is COC(=O)c1nc2c(c(N3CCC[C@@H](CC#N)C3)n1)CCC2. The second kappa shape index (κ2) is 6.30. The van der Waals surface area contributed by atoms with E-state index in [-0.39, 0.29) is 5.82 Å². The fraction of sp³-hybridized carbons (Fsp3) is 0.625. The predicted octanol–water partition coefficient (Wildman–Crippen LogP) is 1.88. The maximum atomic E-state index is 11.8. The van der Waals surface area contributed by atoms with Gasteiger partial charge in [-0.05, 0) is 38.0 Å². The van der Waals surface area contributed by atoms with Crippen LogP contribution in [0.25, 0.3) is 0 Å². The monoisotopic (exact) mass is 300 g/mol. The van der Waals surface area contributed by atoms with Crippen LogP contribution in [0.5, 0.6) is 0 Å². The second-order valence-corrected chi connectivity index (χ2v) is 5.96. The van der Waals surface area contributed by atoms with Gasteiger partial charge in [0.05, 0.1) is 18.9 Å². The summed E-state index contributed by atoms with van der Waals surface area (Å²) >= 11 is 0. The summed E-state index contributed by atoms with van der Waals surface area (Å²) in [5.74, 6) is 0.931. The van der Waals surface area contributed by atoms with E-state index in [2.05, 4.69) is 20.9 Å². The average molecular weight is 300 g/mol. The summed E-state index contributed by atoms with van der Waals surface area (Å²) in [5, 5.41) is 8.92. The first-order chi connectivity index (χ1) is 10.7. The molecule has 2 aliphatic rings. The summed E-state index contributed by atoms with van der Waals surface area (Å²) in [6.45, 7) is 1.75. The predicted molar refractivity (Wildman–Crippen MR) is 80.6 cm³/mol. The van der Waals surface area contributed by atoms with Crippen LogP contribution in [0.1, 0.15) is 47.6 Å². The van der Waals surface area contributed by atoms with E-state index in [4.69, 9.17) is 10.00 Å². The molecule has 0 N–H and O–H groups in total. The molecule has 1 aromatic rings. The van der Waals surface area contributed by atoms with Crippen LogP contribution in [-0.4, -0.2) is 36.1 Å². The minimum atomic E-state index is -0.485. The Morgan fingerprint density at radius 2 is 2.27 bits per heavy atom. The third-order valence-corrected chi connectivity index (χ3v) is 4.48. The molecular weight excluding hydrogens is 280 g/mol. The zero-order valence-electron chi connectivity index (χ0n) is 12.8. The first-order valence-electron chi connectivity index (χ1n) is 7.83. The lowest BCUT2D eigenvalue weighted by atomic mass is 9.95. The molecule has 0 bridgehead atoms. The molecule has 2 heterocycles. The number of hydrogen-bond acceptors (Lipinski definition) is 6. The van der Waals surface area contributed by atoms with Gasteiger partial charge in [-0.2, -0.15) is 5.26 Å². The first-order valence-corrected chi connectivity index (χ1v) is 7.83. The van der Waals surface area contributed by atoms with E-state index in [0.29, 0.717) is 12.3 Å². The maximum absolute atomic E-state index is 11.8. The summed E-state index contributed by atoms with van der Waals surface area (Å²) in [6.07, 6.45) is 5.63. The quantitative estimate of drug-likeness (QED) is 0.793. The molecule has 0 unspecified atom stereocenters. The van der Waals surface area contributed by atoms with Crippen LogP contribution in [0.15, 0.2) is 0 Å². The van der Waals surface area contributed by atoms with E-state index in [0.717, 1.165) is 56.7 Å². The normalized spacial score (nSPS) is 20.4. The number of ether oxygens (including phenoxy) is 1. The highest BCUT2D eigenvalue weighted by atomic mass is 16.5. The zero-order chi connectivity index (χ0) is 15.5. The van der Waals surface area contributed by atoms with Crippen LogP contribution in [0.4, 0.5) is 5.82 Å². The summed E-state index contributed by atoms with van der Waals surface area (Å²) < 4.78 is 4.77. The average Bonchev–Trinajstić information content (AvgIpc) is 3.02. The van der Waals surface area contributed by atoms with Gasteiger partial charge in [-0.15, -0.1) is 0 Å². The molecule has 0 amide bonds. The lowest BCUT2D eigenvalue weighted by Crippen LogP contribution is -2.37. The summed E-state index contributed by atoms with van der Waals surface area (Å²) in [7, 11) is 1.35. The van der Waals surface area contributed by atoms with Crippen molar-refractivity contribution in [3.8, 4) is 6.07 Å². The molecule has 0 saturated carbocycles. The van der Waals surface area contributed by atoms with Crippen LogP contribution in [0, 0.1) is 17.2 Å². The van der Waals surface area contributed by atoms with Crippen molar-refractivity contribution < 1.29 is 9.53 Å². The van der Waals surface area contributed by atoms with E-state index < -0.39 is 5.97 Å². The lowest BCUT2D eigenvalue weighted by Gasteiger charge is -2.33. The number of hydrogen-bond donors (Lipinski definition) is 0. The number of piperidine rings is 1. The number of fused-ring (bicyclic) bond motifs is 1. The molecule has 0 spiro atoms. The fourth-order valence-corrected chi connectivity index (χ4v) is 3.41. The molecule has 1 aliphatic carbocycles. The van der Waals surface area contributed by atoms with Crippen LogP contribution in [0.3, 0.4) is 0 Å². The standard InChI is InChI=1S/C16H20N4O2/c1-22-16(21)14-18-13-6-2-5-12(13)15(19-14)20-9-3-4-11(10-20)7-8-17/h11H,2-7,9-10H2,1H3/t11-/m0/s1. The van der Waals surface area contributed by atoms with Gasteiger partial charge >= 0.3 is 5.97 Å². The van der Waals surface area contributed by atoms with E-state index >= 15 is 0 Å². The second-order valence-electron chi connectivity index (χ2n) is 5.96. The van der Waals surface area contributed by atoms with E-state index in [1.807, 2.05) is 0 Å². The molecule has 1 fully saturated rings. The van der Waals surface area contributed by atoms with Crippen molar-refractivity contribution in [3.05, 3.63) is 17.1 Å². The summed E-state index contributed by atoms with van der Waals surface area (Å²) in [5.41, 5.74) is 2.15. The van der Waals surface area contributed by atoms with Gasteiger partial charge in [-0.25, -0.2) is 14.8 Å². The van der Waals surface area contributed by atoms with Crippen LogP contribution >= 0.6 is 0 Å². The Morgan fingerprint density at radius 3 is 3.05 bits per heavy atom. The highest BCUT2D eigenvalue weighted by Crippen LogP contribution is 2.32. The molecule has 1 aromatic heterocycles. The first kappa shape index (κ1) is 14.8. The molecule has 1 atom stereocenters. The van der Waals surface area contributed by atoms with Crippen LogP contribution in [0.2, 0.25) is 0 Å². The summed E-state index contributed by atoms with van der Waals surface area (Å²) in [4.78, 5) is 22.9. The number of aromatic nitrogens is 2. The highest BCUT2D eigenvalue weighted by molar-refractivity contribution is 5.85. The zero-order valence-corrected chi connectivity index (χ0v) is 12.8. The molecule has 1 aliphatic heterocycles. The number of carbonyl (C=O) groups excluding carboxylic acids is 1. The third kappa shape index (κ3) is 2.76. The molecule has 3 rings (SSSR count). The largest absolute Gasteiger partial charge is 0.463 e. The van der Waals surface area contributed by atoms with Gasteiger partial charge < -0.3 is 9.64 Å². The Labute approximate surface area is 130 Å². The van der Waals surface area contributed by atoms with Crippen LogP contribution in [-0.2, 0) is 17.6 Å². The number of esters is 1. The number of nitriles is 1.